The maximum absolute atomic E-state index is 12.6. The van der Waals surface area contributed by atoms with Crippen LogP contribution in [0.1, 0.15) is 23.1 Å². The Kier molecular flexibility index (Phi) is 5.33. The zero-order chi connectivity index (χ0) is 18.8. The van der Waals surface area contributed by atoms with Crippen LogP contribution in [0, 0.1) is 6.92 Å². The molecular formula is C15H20N4O4S2. The second kappa shape index (κ2) is 6.96. The van der Waals surface area contributed by atoms with Crippen molar-refractivity contribution in [2.45, 2.75) is 25.4 Å². The van der Waals surface area contributed by atoms with Crippen molar-refractivity contribution < 1.29 is 17.4 Å². The van der Waals surface area contributed by atoms with Crippen molar-refractivity contribution in [1.29, 1.82) is 0 Å². The predicted molar refractivity (Wildman–Crippen MR) is 96.6 cm³/mol. The van der Waals surface area contributed by atoms with Crippen LogP contribution in [0.3, 0.4) is 0 Å². The largest absolute Gasteiger partial charge is 0.334 e. The fraction of sp³-hybridized carbons (Fsp3) is 0.333. The van der Waals surface area contributed by atoms with Gasteiger partial charge in [0.1, 0.15) is 5.82 Å². The fourth-order valence-electron chi connectivity index (χ4n) is 2.13. The Morgan fingerprint density at radius 1 is 1.24 bits per heavy atom. The number of aryl methyl sites for hydroxylation is 2. The molecule has 1 amide bonds. The zero-order valence-electron chi connectivity index (χ0n) is 14.4. The number of aromatic nitrogens is 2. The van der Waals surface area contributed by atoms with Gasteiger partial charge in [-0.3, -0.25) is 9.52 Å². The number of hydrogen-bond acceptors (Lipinski definition) is 5. The lowest BCUT2D eigenvalue weighted by Gasteiger charge is -2.09. The molecule has 136 valence electrons. The molecule has 2 aromatic rings. The summed E-state index contributed by atoms with van der Waals surface area (Å²) in [6, 6.07) is 6.02. The van der Waals surface area contributed by atoms with E-state index in [1.54, 1.807) is 23.6 Å². The number of carbonyl (C=O) groups is 1. The van der Waals surface area contributed by atoms with E-state index in [0.717, 1.165) is 0 Å². The molecule has 1 N–H and O–H groups in total. The molecule has 8 nitrogen and oxygen atoms in total. The molecule has 0 bridgehead atoms. The van der Waals surface area contributed by atoms with E-state index in [2.05, 4.69) is 14.1 Å². The molecular weight excluding hydrogens is 364 g/mol. The molecule has 1 aromatic carbocycles. The summed E-state index contributed by atoms with van der Waals surface area (Å²) >= 11 is 0. The van der Waals surface area contributed by atoms with E-state index in [0.29, 0.717) is 12.4 Å². The Bertz CT molecular complexity index is 1020. The summed E-state index contributed by atoms with van der Waals surface area (Å²) in [6.45, 7) is 4.17. The van der Waals surface area contributed by atoms with Crippen LogP contribution in [0.15, 0.2) is 39.9 Å². The van der Waals surface area contributed by atoms with Crippen molar-refractivity contribution >= 4 is 31.3 Å². The number of para-hydroxylation sites is 1. The van der Waals surface area contributed by atoms with Gasteiger partial charge in [-0.25, -0.2) is 9.19 Å². The molecule has 10 heteroatoms. The van der Waals surface area contributed by atoms with Gasteiger partial charge in [-0.2, -0.15) is 12.8 Å². The van der Waals surface area contributed by atoms with Crippen LogP contribution in [-0.4, -0.2) is 40.6 Å². The molecule has 0 atom stereocenters. The van der Waals surface area contributed by atoms with Crippen molar-refractivity contribution in [2.75, 3.05) is 17.2 Å². The molecule has 0 unspecified atom stereocenters. The number of nitrogens with one attached hydrogen (secondary N) is 1. The summed E-state index contributed by atoms with van der Waals surface area (Å²) in [4.78, 5) is 16.2. The molecule has 0 aliphatic rings. The lowest BCUT2D eigenvalue weighted by Crippen LogP contribution is -2.16. The highest BCUT2D eigenvalue weighted by molar-refractivity contribution is 7.92. The van der Waals surface area contributed by atoms with E-state index >= 15 is 0 Å². The normalized spacial score (nSPS) is 12.0. The summed E-state index contributed by atoms with van der Waals surface area (Å²) in [5.74, 6) is -0.178. The van der Waals surface area contributed by atoms with Gasteiger partial charge in [-0.15, -0.1) is 0 Å². The van der Waals surface area contributed by atoms with Gasteiger partial charge in [0.15, 0.2) is 5.03 Å². The number of amides is 1. The summed E-state index contributed by atoms with van der Waals surface area (Å²) in [5.41, 5.74) is 0.0812. The summed E-state index contributed by atoms with van der Waals surface area (Å²) < 4.78 is 44.5. The molecule has 0 aliphatic heterocycles. The molecule has 0 aliphatic carbocycles. The van der Waals surface area contributed by atoms with E-state index in [1.165, 1.54) is 30.8 Å². The molecule has 2 rings (SSSR count). The molecule has 1 aromatic heterocycles. The van der Waals surface area contributed by atoms with E-state index in [9.17, 15) is 17.4 Å². The monoisotopic (exact) mass is 384 g/mol. The number of nitrogens with zero attached hydrogens (tertiary/aromatic N) is 3. The van der Waals surface area contributed by atoms with Gasteiger partial charge in [-0.1, -0.05) is 12.1 Å². The first-order valence-electron chi connectivity index (χ1n) is 7.40. The average molecular weight is 384 g/mol. The minimum Gasteiger partial charge on any atom is -0.334 e. The van der Waals surface area contributed by atoms with Crippen molar-refractivity contribution in [1.82, 2.24) is 9.55 Å². The van der Waals surface area contributed by atoms with Crippen LogP contribution in [-0.2, 0) is 26.3 Å². The summed E-state index contributed by atoms with van der Waals surface area (Å²) in [5, 5.41) is -0.138. The lowest BCUT2D eigenvalue weighted by molar-refractivity contribution is 0.101. The van der Waals surface area contributed by atoms with Gasteiger partial charge in [-0.05, 0) is 26.0 Å². The molecule has 0 spiro atoms. The number of imidazole rings is 1. The minimum absolute atomic E-state index is 0.0224. The van der Waals surface area contributed by atoms with E-state index < -0.39 is 25.7 Å². The number of benzene rings is 1. The Morgan fingerprint density at radius 2 is 1.88 bits per heavy atom. The van der Waals surface area contributed by atoms with Crippen LogP contribution < -0.4 is 4.72 Å². The third-order valence-electron chi connectivity index (χ3n) is 3.27. The van der Waals surface area contributed by atoms with Crippen LogP contribution >= 0.6 is 0 Å². The number of hydrogen-bond donors (Lipinski definition) is 1. The third kappa shape index (κ3) is 4.67. The predicted octanol–water partition coefficient (Wildman–Crippen LogP) is 1.88. The second-order valence-corrected chi connectivity index (χ2v) is 9.82. The lowest BCUT2D eigenvalue weighted by atomic mass is 10.2. The summed E-state index contributed by atoms with van der Waals surface area (Å²) in [6.07, 6.45) is 4.09. The fourth-order valence-corrected chi connectivity index (χ4v) is 3.72. The van der Waals surface area contributed by atoms with Crippen molar-refractivity contribution in [3.63, 3.8) is 0 Å². The van der Waals surface area contributed by atoms with Gasteiger partial charge >= 0.3 is 0 Å². The van der Waals surface area contributed by atoms with Gasteiger partial charge < -0.3 is 4.57 Å². The first-order valence-corrected chi connectivity index (χ1v) is 11.2. The van der Waals surface area contributed by atoms with Gasteiger partial charge in [0.2, 0.25) is 0 Å². The number of rotatable bonds is 5. The quantitative estimate of drug-likeness (QED) is 0.846. The second-order valence-electron chi connectivity index (χ2n) is 5.64. The number of anilines is 1. The van der Waals surface area contributed by atoms with E-state index in [-0.39, 0.29) is 16.3 Å². The highest BCUT2D eigenvalue weighted by Gasteiger charge is 2.22. The van der Waals surface area contributed by atoms with Crippen LogP contribution in [0.5, 0.6) is 0 Å². The number of sulfonamides is 1. The number of carbonyl (C=O) groups excluding carboxylic acids is 1. The Morgan fingerprint density at radius 3 is 2.44 bits per heavy atom. The molecule has 0 radical (unpaired) electrons. The first-order chi connectivity index (χ1) is 11.5. The molecule has 25 heavy (non-hydrogen) atoms. The van der Waals surface area contributed by atoms with Gasteiger partial charge in [0.25, 0.3) is 15.9 Å². The van der Waals surface area contributed by atoms with Crippen LogP contribution in [0.4, 0.5) is 5.69 Å². The SMILES string of the molecule is CCn1cc(S(=O)(=O)Nc2ccccc2C(=O)N=S(C)(C)=O)nc1C. The summed E-state index contributed by atoms with van der Waals surface area (Å²) in [7, 11) is -6.63. The van der Waals surface area contributed by atoms with Crippen LogP contribution in [0.25, 0.3) is 0 Å². The Hall–Kier alpha value is -2.20. The molecule has 0 saturated carbocycles. The minimum atomic E-state index is -3.97. The zero-order valence-corrected chi connectivity index (χ0v) is 16.0. The van der Waals surface area contributed by atoms with Gasteiger partial charge in [0, 0.05) is 35.0 Å². The van der Waals surface area contributed by atoms with Crippen molar-refractivity contribution in [3.05, 3.63) is 41.9 Å². The van der Waals surface area contributed by atoms with Crippen molar-refractivity contribution in [2.24, 2.45) is 4.36 Å². The molecule has 1 heterocycles. The maximum atomic E-state index is 12.6. The topological polar surface area (TPSA) is 110 Å². The van der Waals surface area contributed by atoms with E-state index in [1.807, 2.05) is 6.92 Å². The highest BCUT2D eigenvalue weighted by atomic mass is 32.2. The average Bonchev–Trinajstić information content (AvgIpc) is 2.87. The maximum Gasteiger partial charge on any atom is 0.287 e. The molecule has 0 fully saturated rings. The smallest absolute Gasteiger partial charge is 0.287 e. The van der Waals surface area contributed by atoms with E-state index in [4.69, 9.17) is 0 Å². The molecule has 0 saturated heterocycles. The van der Waals surface area contributed by atoms with Gasteiger partial charge in [0.05, 0.1) is 11.3 Å². The van der Waals surface area contributed by atoms with Crippen molar-refractivity contribution in [3.8, 4) is 0 Å². The third-order valence-corrected chi connectivity index (χ3v) is 5.12. The highest BCUT2D eigenvalue weighted by Crippen LogP contribution is 2.21. The Balaban J connectivity index is 2.43. The standard InChI is InChI=1S/C15H20N4O4S2/c1-5-19-10-14(16-11(19)2)25(22,23)17-13-9-7-6-8-12(13)15(20)18-24(3,4)21/h6-10,17H,5H2,1-4H3. The Labute approximate surface area is 147 Å². The first kappa shape index (κ1) is 19.1. The van der Waals surface area contributed by atoms with Crippen LogP contribution in [0.2, 0.25) is 0 Å².